The number of nitriles is 1. The molecule has 0 radical (unpaired) electrons. The van der Waals surface area contributed by atoms with E-state index in [0.717, 1.165) is 6.08 Å². The Morgan fingerprint density at radius 3 is 2.35 bits per heavy atom. The van der Waals surface area contributed by atoms with E-state index in [1.807, 2.05) is 0 Å². The van der Waals surface area contributed by atoms with E-state index < -0.39 is 23.3 Å². The second kappa shape index (κ2) is 7.44. The van der Waals surface area contributed by atoms with Crippen molar-refractivity contribution < 1.29 is 23.5 Å². The van der Waals surface area contributed by atoms with Crippen LogP contribution in [-0.2, 0) is 14.3 Å². The van der Waals surface area contributed by atoms with Crippen LogP contribution in [-0.4, -0.2) is 47.9 Å². The first kappa shape index (κ1) is 18.9. The van der Waals surface area contributed by atoms with Gasteiger partial charge in [-0.25, -0.2) is 14.0 Å². The molecule has 0 aromatic rings. The minimum atomic E-state index is -1.81. The summed E-state index contributed by atoms with van der Waals surface area (Å²) in [5.41, 5.74) is -2.77. The predicted molar refractivity (Wildman–Crippen MR) is 81.2 cm³/mol. The fraction of sp³-hybridized carbons (Fsp3) is 0.688. The van der Waals surface area contributed by atoms with Crippen molar-refractivity contribution in [2.45, 2.75) is 51.8 Å². The molecule has 6 nitrogen and oxygen atoms in total. The summed E-state index contributed by atoms with van der Waals surface area (Å²) in [6.07, 6.45) is 0.514. The van der Waals surface area contributed by atoms with Crippen LogP contribution in [0.5, 0.6) is 0 Å². The van der Waals surface area contributed by atoms with Crippen molar-refractivity contribution in [3.8, 4) is 6.07 Å². The lowest BCUT2D eigenvalue weighted by atomic mass is 9.91. The van der Waals surface area contributed by atoms with E-state index in [4.69, 9.17) is 14.7 Å². The van der Waals surface area contributed by atoms with E-state index in [0.29, 0.717) is 0 Å². The molecule has 1 aliphatic heterocycles. The predicted octanol–water partition coefficient (Wildman–Crippen LogP) is 2.74. The maximum absolute atomic E-state index is 14.8. The first-order chi connectivity index (χ1) is 10.6. The highest BCUT2D eigenvalue weighted by atomic mass is 19.1. The number of carbonyl (C=O) groups is 2. The van der Waals surface area contributed by atoms with Gasteiger partial charge < -0.3 is 14.4 Å². The number of esters is 1. The quantitative estimate of drug-likeness (QED) is 0.452. The normalized spacial score (nSPS) is 18.1. The third-order valence-corrected chi connectivity index (χ3v) is 3.27. The average molecular weight is 326 g/mol. The van der Waals surface area contributed by atoms with Gasteiger partial charge in [-0.1, -0.05) is 0 Å². The van der Waals surface area contributed by atoms with Gasteiger partial charge in [-0.2, -0.15) is 5.26 Å². The third-order valence-electron chi connectivity index (χ3n) is 3.27. The summed E-state index contributed by atoms with van der Waals surface area (Å²) in [6.45, 7) is 7.31. The molecule has 1 heterocycles. The molecule has 1 rings (SSSR count). The standard InChI is InChI=1S/C16H23FN2O4/c1-5-22-13(20)12(11-18)10-16(17)6-8-19(9-7-16)14(21)23-15(2,3)4/h10H,5-9H2,1-4H3. The van der Waals surface area contributed by atoms with Crippen LogP contribution < -0.4 is 0 Å². The third kappa shape index (κ3) is 5.89. The Morgan fingerprint density at radius 2 is 1.91 bits per heavy atom. The molecule has 0 bridgehead atoms. The largest absolute Gasteiger partial charge is 0.462 e. The first-order valence-corrected chi connectivity index (χ1v) is 7.57. The molecule has 0 atom stereocenters. The zero-order valence-corrected chi connectivity index (χ0v) is 14.0. The topological polar surface area (TPSA) is 79.6 Å². The second-order valence-electron chi connectivity index (χ2n) is 6.39. The zero-order valence-electron chi connectivity index (χ0n) is 14.0. The Morgan fingerprint density at radius 1 is 1.35 bits per heavy atom. The monoisotopic (exact) mass is 326 g/mol. The van der Waals surface area contributed by atoms with Crippen molar-refractivity contribution in [1.82, 2.24) is 4.90 Å². The lowest BCUT2D eigenvalue weighted by molar-refractivity contribution is -0.138. The van der Waals surface area contributed by atoms with Gasteiger partial charge in [0.05, 0.1) is 6.61 Å². The van der Waals surface area contributed by atoms with Gasteiger partial charge in [0.15, 0.2) is 0 Å². The molecule has 7 heteroatoms. The Bertz CT molecular complexity index is 523. The van der Waals surface area contributed by atoms with Crippen LogP contribution in [0.3, 0.4) is 0 Å². The molecule has 0 aromatic carbocycles. The maximum atomic E-state index is 14.8. The van der Waals surface area contributed by atoms with E-state index in [9.17, 15) is 14.0 Å². The number of amides is 1. The number of rotatable bonds is 3. The molecule has 128 valence electrons. The van der Waals surface area contributed by atoms with E-state index in [1.165, 1.54) is 4.90 Å². The van der Waals surface area contributed by atoms with Crippen molar-refractivity contribution >= 4 is 12.1 Å². The Kier molecular flexibility index (Phi) is 6.13. The number of halogens is 1. The fourth-order valence-corrected chi connectivity index (χ4v) is 2.14. The number of allylic oxidation sites excluding steroid dienone is 1. The zero-order chi connectivity index (χ0) is 17.7. The molecule has 23 heavy (non-hydrogen) atoms. The van der Waals surface area contributed by atoms with Gasteiger partial charge in [0.2, 0.25) is 0 Å². The van der Waals surface area contributed by atoms with Gasteiger partial charge in [0.25, 0.3) is 0 Å². The van der Waals surface area contributed by atoms with E-state index >= 15 is 0 Å². The summed E-state index contributed by atoms with van der Waals surface area (Å²) in [6, 6.07) is 1.67. The number of hydrogen-bond acceptors (Lipinski definition) is 5. The maximum Gasteiger partial charge on any atom is 0.410 e. The smallest absolute Gasteiger partial charge is 0.410 e. The van der Waals surface area contributed by atoms with Crippen molar-refractivity contribution in [3.63, 3.8) is 0 Å². The number of likely N-dealkylation sites (tertiary alicyclic amines) is 1. The van der Waals surface area contributed by atoms with Crippen LogP contribution in [0.25, 0.3) is 0 Å². The minimum Gasteiger partial charge on any atom is -0.462 e. The van der Waals surface area contributed by atoms with Crippen molar-refractivity contribution in [2.24, 2.45) is 0 Å². The number of hydrogen-bond donors (Lipinski definition) is 0. The summed E-state index contributed by atoms with van der Waals surface area (Å²) in [5, 5.41) is 8.97. The van der Waals surface area contributed by atoms with E-state index in [-0.39, 0.29) is 38.1 Å². The fourth-order valence-electron chi connectivity index (χ4n) is 2.14. The molecule has 0 unspecified atom stereocenters. The molecule has 0 aromatic heterocycles. The minimum absolute atomic E-state index is 0.00315. The molecule has 0 spiro atoms. The van der Waals surface area contributed by atoms with Crippen molar-refractivity contribution in [3.05, 3.63) is 11.6 Å². The Labute approximate surface area is 135 Å². The van der Waals surface area contributed by atoms with Crippen LogP contribution in [0.1, 0.15) is 40.5 Å². The van der Waals surface area contributed by atoms with Gasteiger partial charge in [-0.3, -0.25) is 0 Å². The van der Waals surface area contributed by atoms with E-state index in [2.05, 4.69) is 0 Å². The highest BCUT2D eigenvalue weighted by molar-refractivity contribution is 5.92. The highest BCUT2D eigenvalue weighted by Gasteiger charge is 2.36. The Hall–Kier alpha value is -2.10. The summed E-state index contributed by atoms with van der Waals surface area (Å²) < 4.78 is 24.7. The molecule has 0 aliphatic carbocycles. The van der Waals surface area contributed by atoms with Crippen LogP contribution in [0.4, 0.5) is 9.18 Å². The average Bonchev–Trinajstić information content (AvgIpc) is 2.44. The molecule has 1 aliphatic rings. The van der Waals surface area contributed by atoms with Gasteiger partial charge in [0.1, 0.15) is 22.9 Å². The van der Waals surface area contributed by atoms with E-state index in [1.54, 1.807) is 33.8 Å². The molecule has 0 N–H and O–H groups in total. The molecule has 1 fully saturated rings. The molecular weight excluding hydrogens is 303 g/mol. The van der Waals surface area contributed by atoms with Crippen LogP contribution in [0.2, 0.25) is 0 Å². The summed E-state index contributed by atoms with van der Waals surface area (Å²) in [7, 11) is 0. The van der Waals surface area contributed by atoms with Gasteiger partial charge in [0, 0.05) is 25.9 Å². The van der Waals surface area contributed by atoms with Crippen molar-refractivity contribution in [2.75, 3.05) is 19.7 Å². The summed E-state index contributed by atoms with van der Waals surface area (Å²) >= 11 is 0. The Balaban J connectivity index is 2.71. The first-order valence-electron chi connectivity index (χ1n) is 7.57. The number of piperidine rings is 1. The number of nitrogens with zero attached hydrogens (tertiary/aromatic N) is 2. The number of carbonyl (C=O) groups excluding carboxylic acids is 2. The van der Waals surface area contributed by atoms with Crippen LogP contribution >= 0.6 is 0 Å². The molecular formula is C16H23FN2O4. The lowest BCUT2D eigenvalue weighted by Crippen LogP contribution is -2.46. The van der Waals surface area contributed by atoms with Crippen LogP contribution in [0.15, 0.2) is 11.6 Å². The molecule has 0 saturated carbocycles. The SMILES string of the molecule is CCOC(=O)C(C#N)=CC1(F)CCN(C(=O)OC(C)(C)C)CC1. The summed E-state index contributed by atoms with van der Waals surface area (Å²) in [5.74, 6) is -0.832. The van der Waals surface area contributed by atoms with Gasteiger partial charge in [-0.15, -0.1) is 0 Å². The molecule has 1 saturated heterocycles. The highest BCUT2D eigenvalue weighted by Crippen LogP contribution is 2.30. The van der Waals surface area contributed by atoms with Gasteiger partial charge in [-0.05, 0) is 33.8 Å². The second-order valence-corrected chi connectivity index (χ2v) is 6.39. The van der Waals surface area contributed by atoms with Crippen molar-refractivity contribution in [1.29, 1.82) is 5.26 Å². The van der Waals surface area contributed by atoms with Crippen LogP contribution in [0, 0.1) is 11.3 Å². The number of alkyl halides is 1. The van der Waals surface area contributed by atoms with Gasteiger partial charge >= 0.3 is 12.1 Å². The number of ether oxygens (including phenoxy) is 2. The molecule has 1 amide bonds. The lowest BCUT2D eigenvalue weighted by Gasteiger charge is -2.35. The summed E-state index contributed by atoms with van der Waals surface area (Å²) in [4.78, 5) is 24.9.